The second kappa shape index (κ2) is 7.55. The van der Waals surface area contributed by atoms with Crippen molar-refractivity contribution in [2.75, 3.05) is 13.6 Å². The van der Waals surface area contributed by atoms with Crippen LogP contribution in [-0.4, -0.2) is 37.2 Å². The summed E-state index contributed by atoms with van der Waals surface area (Å²) in [6, 6.07) is 9.83. The van der Waals surface area contributed by atoms with Crippen molar-refractivity contribution in [2.45, 2.75) is 31.2 Å². The van der Waals surface area contributed by atoms with Crippen LogP contribution in [0.5, 0.6) is 0 Å². The third kappa shape index (κ3) is 4.47. The highest BCUT2D eigenvalue weighted by Gasteiger charge is 2.24. The van der Waals surface area contributed by atoms with Crippen molar-refractivity contribution < 1.29 is 13.2 Å². The molecule has 0 bridgehead atoms. The van der Waals surface area contributed by atoms with Gasteiger partial charge in [-0.15, -0.1) is 0 Å². The summed E-state index contributed by atoms with van der Waals surface area (Å²) >= 11 is 0. The molecule has 26 heavy (non-hydrogen) atoms. The first-order chi connectivity index (χ1) is 12.4. The number of hydrogen-bond acceptors (Lipinski definition) is 4. The number of aryl methyl sites for hydroxylation is 1. The summed E-state index contributed by atoms with van der Waals surface area (Å²) in [5, 5.41) is 2.86. The van der Waals surface area contributed by atoms with Gasteiger partial charge < -0.3 is 5.32 Å². The molecule has 1 aromatic heterocycles. The molecule has 1 aliphatic rings. The third-order valence-corrected chi connectivity index (χ3v) is 6.22. The van der Waals surface area contributed by atoms with Crippen molar-refractivity contribution in [3.8, 4) is 0 Å². The molecule has 1 aromatic carbocycles. The fourth-order valence-electron chi connectivity index (χ4n) is 2.68. The third-order valence-electron chi connectivity index (χ3n) is 4.42. The number of carbonyl (C=O) groups excluding carboxylic acids is 1. The molecular weight excluding hydrogens is 350 g/mol. The first-order valence-electron chi connectivity index (χ1n) is 8.62. The number of nitrogens with one attached hydrogen (secondary N) is 1. The smallest absolute Gasteiger partial charge is 0.251 e. The van der Waals surface area contributed by atoms with Gasteiger partial charge in [0.05, 0.1) is 4.90 Å². The molecule has 6 nitrogen and oxygen atoms in total. The Hall–Kier alpha value is -2.25. The van der Waals surface area contributed by atoms with Crippen molar-refractivity contribution in [3.63, 3.8) is 0 Å². The summed E-state index contributed by atoms with van der Waals surface area (Å²) < 4.78 is 27.0. The van der Waals surface area contributed by atoms with Gasteiger partial charge in [0.25, 0.3) is 5.91 Å². The number of nitrogens with zero attached hydrogens (tertiary/aromatic N) is 2. The van der Waals surface area contributed by atoms with Gasteiger partial charge in [-0.1, -0.05) is 6.07 Å². The second-order valence-corrected chi connectivity index (χ2v) is 8.79. The average Bonchev–Trinajstić information content (AvgIpc) is 3.44. The first kappa shape index (κ1) is 18.5. The van der Waals surface area contributed by atoms with E-state index in [-0.39, 0.29) is 17.3 Å². The topological polar surface area (TPSA) is 79.4 Å². The Morgan fingerprint density at radius 3 is 2.73 bits per heavy atom. The maximum atomic E-state index is 12.9. The quantitative estimate of drug-likeness (QED) is 0.808. The van der Waals surface area contributed by atoms with Crippen molar-refractivity contribution >= 4 is 15.9 Å². The van der Waals surface area contributed by atoms with Gasteiger partial charge in [0, 0.05) is 37.6 Å². The van der Waals surface area contributed by atoms with Gasteiger partial charge in [0.2, 0.25) is 10.0 Å². The molecule has 0 aliphatic heterocycles. The molecule has 1 heterocycles. The predicted octanol–water partition coefficient (Wildman–Crippen LogP) is 2.35. The van der Waals surface area contributed by atoms with Crippen LogP contribution in [0, 0.1) is 12.8 Å². The van der Waals surface area contributed by atoms with E-state index in [0.29, 0.717) is 18.0 Å². The molecule has 0 radical (unpaired) electrons. The number of benzene rings is 1. The van der Waals surface area contributed by atoms with E-state index in [9.17, 15) is 13.2 Å². The molecule has 7 heteroatoms. The van der Waals surface area contributed by atoms with Crippen LogP contribution in [-0.2, 0) is 16.6 Å². The van der Waals surface area contributed by atoms with E-state index in [1.165, 1.54) is 23.5 Å². The average molecular weight is 373 g/mol. The molecule has 0 spiro atoms. The predicted molar refractivity (Wildman–Crippen MR) is 99.1 cm³/mol. The summed E-state index contributed by atoms with van der Waals surface area (Å²) in [7, 11) is -2.16. The molecule has 1 fully saturated rings. The number of sulfonamides is 1. The SMILES string of the molecule is Cc1cc(CN(C)S(=O)(=O)c2cccc(C(=O)NCC3CC3)c2)ccn1. The zero-order chi connectivity index (χ0) is 18.7. The number of carbonyl (C=O) groups is 1. The van der Waals surface area contributed by atoms with Crippen molar-refractivity contribution in [1.29, 1.82) is 0 Å². The molecule has 1 amide bonds. The van der Waals surface area contributed by atoms with Gasteiger partial charge >= 0.3 is 0 Å². The van der Waals surface area contributed by atoms with Crippen LogP contribution in [0.15, 0.2) is 47.5 Å². The van der Waals surface area contributed by atoms with E-state index in [1.54, 1.807) is 24.4 Å². The van der Waals surface area contributed by atoms with Gasteiger partial charge in [-0.3, -0.25) is 9.78 Å². The molecule has 0 unspecified atom stereocenters. The zero-order valence-electron chi connectivity index (χ0n) is 15.0. The van der Waals surface area contributed by atoms with E-state index >= 15 is 0 Å². The molecule has 1 N–H and O–H groups in total. The summed E-state index contributed by atoms with van der Waals surface area (Å²) in [6.07, 6.45) is 3.96. The standard InChI is InChI=1S/C19H23N3O3S/c1-14-10-16(8-9-20-14)13-22(2)26(24,25)18-5-3-4-17(11-18)19(23)21-12-15-6-7-15/h3-5,8-11,15H,6-7,12-13H2,1-2H3,(H,21,23). The van der Waals surface area contributed by atoms with Gasteiger partial charge in [0.15, 0.2) is 0 Å². The lowest BCUT2D eigenvalue weighted by atomic mass is 10.2. The van der Waals surface area contributed by atoms with Crippen LogP contribution in [0.1, 0.15) is 34.5 Å². The summed E-state index contributed by atoms with van der Waals surface area (Å²) in [5.74, 6) is 0.335. The van der Waals surface area contributed by atoms with Gasteiger partial charge in [-0.05, 0) is 61.6 Å². The van der Waals surface area contributed by atoms with Gasteiger partial charge in [-0.25, -0.2) is 8.42 Å². The van der Waals surface area contributed by atoms with E-state index in [0.717, 1.165) is 24.1 Å². The normalized spacial score (nSPS) is 14.4. The highest BCUT2D eigenvalue weighted by molar-refractivity contribution is 7.89. The highest BCUT2D eigenvalue weighted by atomic mass is 32.2. The molecule has 0 atom stereocenters. The summed E-state index contributed by atoms with van der Waals surface area (Å²) in [4.78, 5) is 16.5. The number of pyridine rings is 1. The Morgan fingerprint density at radius 2 is 2.04 bits per heavy atom. The fourth-order valence-corrected chi connectivity index (χ4v) is 3.89. The number of rotatable bonds is 7. The highest BCUT2D eigenvalue weighted by Crippen LogP contribution is 2.27. The lowest BCUT2D eigenvalue weighted by Crippen LogP contribution is -2.28. The number of amides is 1. The van der Waals surface area contributed by atoms with Gasteiger partial charge in [0.1, 0.15) is 0 Å². The largest absolute Gasteiger partial charge is 0.352 e. The van der Waals surface area contributed by atoms with E-state index < -0.39 is 10.0 Å². The minimum Gasteiger partial charge on any atom is -0.352 e. The number of hydrogen-bond donors (Lipinski definition) is 1. The molecule has 1 saturated carbocycles. The van der Waals surface area contributed by atoms with E-state index in [1.807, 2.05) is 13.0 Å². The van der Waals surface area contributed by atoms with Crippen LogP contribution >= 0.6 is 0 Å². The monoisotopic (exact) mass is 373 g/mol. The summed E-state index contributed by atoms with van der Waals surface area (Å²) in [5.41, 5.74) is 2.06. The van der Waals surface area contributed by atoms with Gasteiger partial charge in [-0.2, -0.15) is 4.31 Å². The fraction of sp³-hybridized carbons (Fsp3) is 0.368. The minimum atomic E-state index is -3.69. The van der Waals surface area contributed by atoms with E-state index in [2.05, 4.69) is 10.3 Å². The Morgan fingerprint density at radius 1 is 1.27 bits per heavy atom. The first-order valence-corrected chi connectivity index (χ1v) is 10.1. The van der Waals surface area contributed by atoms with Crippen molar-refractivity contribution in [2.24, 2.45) is 5.92 Å². The lowest BCUT2D eigenvalue weighted by molar-refractivity contribution is 0.0951. The van der Waals surface area contributed by atoms with Crippen molar-refractivity contribution in [3.05, 3.63) is 59.4 Å². The van der Waals surface area contributed by atoms with Crippen LogP contribution in [0.3, 0.4) is 0 Å². The Balaban J connectivity index is 1.75. The molecule has 138 valence electrons. The lowest BCUT2D eigenvalue weighted by Gasteiger charge is -2.18. The van der Waals surface area contributed by atoms with Crippen LogP contribution < -0.4 is 5.32 Å². The summed E-state index contributed by atoms with van der Waals surface area (Å²) in [6.45, 7) is 2.75. The number of aromatic nitrogens is 1. The molecule has 3 rings (SSSR count). The Kier molecular flexibility index (Phi) is 5.38. The van der Waals surface area contributed by atoms with Crippen LogP contribution in [0.4, 0.5) is 0 Å². The van der Waals surface area contributed by atoms with E-state index in [4.69, 9.17) is 0 Å². The molecule has 1 aliphatic carbocycles. The van der Waals surface area contributed by atoms with Crippen molar-refractivity contribution in [1.82, 2.24) is 14.6 Å². The molecule has 2 aromatic rings. The Bertz CT molecular complexity index is 908. The minimum absolute atomic E-state index is 0.116. The zero-order valence-corrected chi connectivity index (χ0v) is 15.8. The van der Waals surface area contributed by atoms with Crippen LogP contribution in [0.2, 0.25) is 0 Å². The Labute approximate surface area is 154 Å². The van der Waals surface area contributed by atoms with Crippen LogP contribution in [0.25, 0.3) is 0 Å². The maximum Gasteiger partial charge on any atom is 0.251 e. The molecule has 0 saturated heterocycles. The maximum absolute atomic E-state index is 12.9. The second-order valence-electron chi connectivity index (χ2n) is 6.75. The molecular formula is C19H23N3O3S.